The number of amides is 1. The Bertz CT molecular complexity index is 543. The molecule has 1 amide bonds. The van der Waals surface area contributed by atoms with Crippen molar-refractivity contribution in [2.24, 2.45) is 0 Å². The number of nitrogens with zero attached hydrogens (tertiary/aromatic N) is 1. The van der Waals surface area contributed by atoms with Crippen LogP contribution in [-0.4, -0.2) is 35.3 Å². The fourth-order valence-corrected chi connectivity index (χ4v) is 2.42. The molecule has 1 aromatic carbocycles. The van der Waals surface area contributed by atoms with Gasteiger partial charge in [0.15, 0.2) is 0 Å². The first-order valence-electron chi connectivity index (χ1n) is 6.30. The fraction of sp³-hybridized carbons (Fsp3) is 0.286. The lowest BCUT2D eigenvalue weighted by molar-refractivity contribution is -0.118. The number of ether oxygens (including phenoxy) is 1. The van der Waals surface area contributed by atoms with Gasteiger partial charge in [0.1, 0.15) is 11.6 Å². The van der Waals surface area contributed by atoms with Gasteiger partial charge in [-0.2, -0.15) is 0 Å². The van der Waals surface area contributed by atoms with E-state index in [-0.39, 0.29) is 5.91 Å². The first-order chi connectivity index (χ1) is 9.78. The number of benzene rings is 1. The Morgan fingerprint density at radius 1 is 1.50 bits per heavy atom. The topological polar surface area (TPSA) is 67.0 Å². The first-order valence-corrected chi connectivity index (χ1v) is 7.28. The first kappa shape index (κ1) is 14.5. The minimum atomic E-state index is 0.0179. The van der Waals surface area contributed by atoms with Gasteiger partial charge in [-0.05, 0) is 18.2 Å². The number of H-pyrrole nitrogens is 1. The van der Waals surface area contributed by atoms with E-state index in [2.05, 4.69) is 15.3 Å². The molecule has 5 nitrogen and oxygen atoms in total. The predicted octanol–water partition coefficient (Wildman–Crippen LogP) is 1.87. The van der Waals surface area contributed by atoms with Crippen molar-refractivity contribution < 1.29 is 9.53 Å². The standard InChI is InChI=1S/C14H17N3O2S/c1-19-11-3-2-4-12(9-11)20-10-14(18)17-6-5-13-15-7-8-16-13/h2-4,7-9H,5-6,10H2,1H3,(H,15,16)(H,17,18). The van der Waals surface area contributed by atoms with Crippen LogP contribution in [0.4, 0.5) is 0 Å². The van der Waals surface area contributed by atoms with Crippen LogP contribution in [0.15, 0.2) is 41.6 Å². The maximum Gasteiger partial charge on any atom is 0.230 e. The number of nitrogens with one attached hydrogen (secondary N) is 2. The third-order valence-electron chi connectivity index (χ3n) is 2.65. The molecule has 0 spiro atoms. The molecule has 0 aliphatic carbocycles. The molecule has 0 fully saturated rings. The van der Waals surface area contributed by atoms with Gasteiger partial charge in [0.25, 0.3) is 0 Å². The Morgan fingerprint density at radius 2 is 2.40 bits per heavy atom. The second-order valence-corrected chi connectivity index (χ2v) is 5.15. The molecule has 0 atom stereocenters. The van der Waals surface area contributed by atoms with Crippen LogP contribution in [0.3, 0.4) is 0 Å². The Labute approximate surface area is 122 Å². The maximum atomic E-state index is 11.7. The Balaban J connectivity index is 1.69. The van der Waals surface area contributed by atoms with E-state index in [9.17, 15) is 4.79 Å². The van der Waals surface area contributed by atoms with E-state index in [1.165, 1.54) is 11.8 Å². The van der Waals surface area contributed by atoms with Gasteiger partial charge < -0.3 is 15.0 Å². The van der Waals surface area contributed by atoms with E-state index in [4.69, 9.17) is 4.74 Å². The Kier molecular flexibility index (Phi) is 5.49. The van der Waals surface area contributed by atoms with E-state index >= 15 is 0 Å². The molecular formula is C14H17N3O2S. The molecule has 1 aromatic heterocycles. The molecule has 0 radical (unpaired) electrons. The van der Waals surface area contributed by atoms with Crippen molar-refractivity contribution in [2.45, 2.75) is 11.3 Å². The monoisotopic (exact) mass is 291 g/mol. The van der Waals surface area contributed by atoms with Crippen molar-refractivity contribution >= 4 is 17.7 Å². The lowest BCUT2D eigenvalue weighted by Crippen LogP contribution is -2.27. The summed E-state index contributed by atoms with van der Waals surface area (Å²) in [5, 5.41) is 2.87. The van der Waals surface area contributed by atoms with Crippen molar-refractivity contribution in [1.82, 2.24) is 15.3 Å². The van der Waals surface area contributed by atoms with Gasteiger partial charge in [0.05, 0.1) is 12.9 Å². The smallest absolute Gasteiger partial charge is 0.230 e. The Hall–Kier alpha value is -1.95. The van der Waals surface area contributed by atoms with Crippen LogP contribution in [0.25, 0.3) is 0 Å². The summed E-state index contributed by atoms with van der Waals surface area (Å²) in [6, 6.07) is 7.67. The molecule has 106 valence electrons. The highest BCUT2D eigenvalue weighted by atomic mass is 32.2. The fourth-order valence-electron chi connectivity index (χ4n) is 1.65. The normalized spacial score (nSPS) is 10.2. The highest BCUT2D eigenvalue weighted by Crippen LogP contribution is 2.22. The molecule has 2 N–H and O–H groups in total. The van der Waals surface area contributed by atoms with Gasteiger partial charge >= 0.3 is 0 Å². The van der Waals surface area contributed by atoms with E-state index < -0.39 is 0 Å². The SMILES string of the molecule is COc1cccc(SCC(=O)NCCc2ncc[nH]2)c1. The number of carbonyl (C=O) groups excluding carboxylic acids is 1. The summed E-state index contributed by atoms with van der Waals surface area (Å²) in [6.07, 6.45) is 4.19. The molecular weight excluding hydrogens is 274 g/mol. The zero-order chi connectivity index (χ0) is 14.2. The number of rotatable bonds is 7. The van der Waals surface area contributed by atoms with E-state index in [1.807, 2.05) is 24.3 Å². The van der Waals surface area contributed by atoms with Gasteiger partial charge in [-0.25, -0.2) is 4.98 Å². The molecule has 0 saturated heterocycles. The third kappa shape index (κ3) is 4.62. The molecule has 1 heterocycles. The maximum absolute atomic E-state index is 11.7. The van der Waals surface area contributed by atoms with Crippen LogP contribution in [-0.2, 0) is 11.2 Å². The van der Waals surface area contributed by atoms with E-state index in [0.717, 1.165) is 16.5 Å². The minimum Gasteiger partial charge on any atom is -0.497 e. The van der Waals surface area contributed by atoms with Crippen molar-refractivity contribution in [3.05, 3.63) is 42.5 Å². The zero-order valence-corrected chi connectivity index (χ0v) is 12.1. The van der Waals surface area contributed by atoms with Gasteiger partial charge in [-0.15, -0.1) is 11.8 Å². The quantitative estimate of drug-likeness (QED) is 0.764. The highest BCUT2D eigenvalue weighted by Gasteiger charge is 2.04. The summed E-state index contributed by atoms with van der Waals surface area (Å²) in [4.78, 5) is 19.8. The summed E-state index contributed by atoms with van der Waals surface area (Å²) in [5.74, 6) is 2.09. The number of thioether (sulfide) groups is 1. The summed E-state index contributed by atoms with van der Waals surface area (Å²) in [7, 11) is 1.63. The highest BCUT2D eigenvalue weighted by molar-refractivity contribution is 8.00. The molecule has 0 aliphatic rings. The second kappa shape index (κ2) is 7.59. The van der Waals surface area contributed by atoms with E-state index in [0.29, 0.717) is 18.7 Å². The summed E-state index contributed by atoms with van der Waals surface area (Å²) in [5.41, 5.74) is 0. The summed E-state index contributed by atoms with van der Waals surface area (Å²) < 4.78 is 5.14. The lowest BCUT2D eigenvalue weighted by atomic mass is 10.3. The average Bonchev–Trinajstić information content (AvgIpc) is 2.98. The van der Waals surface area contributed by atoms with Crippen molar-refractivity contribution in [2.75, 3.05) is 19.4 Å². The predicted molar refractivity (Wildman–Crippen MR) is 79.0 cm³/mol. The van der Waals surface area contributed by atoms with Gasteiger partial charge in [0, 0.05) is 30.3 Å². The lowest BCUT2D eigenvalue weighted by Gasteiger charge is -2.05. The molecule has 6 heteroatoms. The second-order valence-electron chi connectivity index (χ2n) is 4.10. The largest absolute Gasteiger partial charge is 0.497 e. The van der Waals surface area contributed by atoms with Crippen LogP contribution in [0.2, 0.25) is 0 Å². The van der Waals surface area contributed by atoms with Crippen LogP contribution in [0.1, 0.15) is 5.82 Å². The van der Waals surface area contributed by atoms with Crippen LogP contribution in [0.5, 0.6) is 5.75 Å². The molecule has 0 unspecified atom stereocenters. The summed E-state index contributed by atoms with van der Waals surface area (Å²) >= 11 is 1.49. The molecule has 0 saturated carbocycles. The minimum absolute atomic E-state index is 0.0179. The van der Waals surface area contributed by atoms with Crippen LogP contribution >= 0.6 is 11.8 Å². The number of hydrogen-bond acceptors (Lipinski definition) is 4. The third-order valence-corrected chi connectivity index (χ3v) is 3.64. The van der Waals surface area contributed by atoms with Gasteiger partial charge in [-0.3, -0.25) is 4.79 Å². The van der Waals surface area contributed by atoms with Gasteiger partial charge in [0.2, 0.25) is 5.91 Å². The number of aromatic amines is 1. The van der Waals surface area contributed by atoms with Crippen LogP contribution < -0.4 is 10.1 Å². The summed E-state index contributed by atoms with van der Waals surface area (Å²) in [6.45, 7) is 0.588. The molecule has 2 rings (SSSR count). The molecule has 2 aromatic rings. The number of methoxy groups -OCH3 is 1. The number of carbonyl (C=O) groups is 1. The van der Waals surface area contributed by atoms with Crippen LogP contribution in [0, 0.1) is 0 Å². The number of imidazole rings is 1. The molecule has 20 heavy (non-hydrogen) atoms. The van der Waals surface area contributed by atoms with Crippen molar-refractivity contribution in [3.8, 4) is 5.75 Å². The molecule has 0 bridgehead atoms. The molecule has 0 aliphatic heterocycles. The van der Waals surface area contributed by atoms with Gasteiger partial charge in [-0.1, -0.05) is 6.07 Å². The average molecular weight is 291 g/mol. The van der Waals surface area contributed by atoms with Crippen molar-refractivity contribution in [3.63, 3.8) is 0 Å². The Morgan fingerprint density at radius 3 is 3.15 bits per heavy atom. The number of hydrogen-bond donors (Lipinski definition) is 2. The van der Waals surface area contributed by atoms with E-state index in [1.54, 1.807) is 19.5 Å². The van der Waals surface area contributed by atoms with Crippen molar-refractivity contribution in [1.29, 1.82) is 0 Å². The zero-order valence-electron chi connectivity index (χ0n) is 11.3. The number of aromatic nitrogens is 2.